The maximum absolute atomic E-state index is 12.7. The van der Waals surface area contributed by atoms with Crippen LogP contribution >= 0.6 is 23.2 Å². The van der Waals surface area contributed by atoms with Crippen LogP contribution in [0.3, 0.4) is 0 Å². The number of alkyl halides is 1. The fourth-order valence-electron chi connectivity index (χ4n) is 4.67. The highest BCUT2D eigenvalue weighted by atomic mass is 35.5. The lowest BCUT2D eigenvalue weighted by Crippen LogP contribution is -2.40. The molecule has 0 N–H and O–H groups in total. The van der Waals surface area contributed by atoms with Crippen molar-refractivity contribution in [3.63, 3.8) is 0 Å². The second kappa shape index (κ2) is 8.17. The zero-order valence-corrected chi connectivity index (χ0v) is 18.4. The van der Waals surface area contributed by atoms with Crippen LogP contribution in [0, 0.1) is 11.8 Å². The van der Waals surface area contributed by atoms with Crippen LogP contribution in [0.4, 0.5) is 0 Å². The van der Waals surface area contributed by atoms with Gasteiger partial charge in [-0.25, -0.2) is 4.68 Å². The Kier molecular flexibility index (Phi) is 5.78. The van der Waals surface area contributed by atoms with Gasteiger partial charge in [0.25, 0.3) is 5.56 Å². The Morgan fingerprint density at radius 2 is 1.83 bits per heavy atom. The second-order valence-corrected chi connectivity index (χ2v) is 9.46. The Bertz CT molecular complexity index is 980. The Morgan fingerprint density at radius 3 is 2.48 bits per heavy atom. The molecule has 4 rings (SSSR count). The highest BCUT2D eigenvalue weighted by molar-refractivity contribution is 6.31. The number of halogens is 2. The van der Waals surface area contributed by atoms with Crippen LogP contribution in [0.1, 0.15) is 25.5 Å². The lowest BCUT2D eigenvalue weighted by atomic mass is 9.75. The summed E-state index contributed by atoms with van der Waals surface area (Å²) in [6.45, 7) is 4.74. The first-order valence-electron chi connectivity index (χ1n) is 10.2. The summed E-state index contributed by atoms with van der Waals surface area (Å²) in [6.07, 6.45) is 10.7. The van der Waals surface area contributed by atoms with Gasteiger partial charge in [-0.2, -0.15) is 0 Å². The third-order valence-electron chi connectivity index (χ3n) is 6.34. The molecule has 2 heterocycles. The molecule has 2 aliphatic rings. The van der Waals surface area contributed by atoms with Gasteiger partial charge in [-0.05, 0) is 50.9 Å². The van der Waals surface area contributed by atoms with E-state index in [2.05, 4.69) is 30.1 Å². The van der Waals surface area contributed by atoms with Gasteiger partial charge in [0.05, 0.1) is 16.3 Å². The molecule has 0 spiro atoms. The van der Waals surface area contributed by atoms with Crippen LogP contribution in [0.5, 0.6) is 0 Å². The average molecular weight is 432 g/mol. The SMILES string of the molecule is Cn1c(CN2CCC(C3C=CC=CC3(C)Cl)CC2)c(Cl)c(=O)n1-c1ccccc1. The van der Waals surface area contributed by atoms with Crippen molar-refractivity contribution in [2.24, 2.45) is 18.9 Å². The quantitative estimate of drug-likeness (QED) is 0.651. The molecule has 1 aliphatic heterocycles. The Labute approximate surface area is 182 Å². The molecular weight excluding hydrogens is 405 g/mol. The van der Waals surface area contributed by atoms with Crippen molar-refractivity contribution < 1.29 is 0 Å². The van der Waals surface area contributed by atoms with E-state index in [0.717, 1.165) is 37.3 Å². The van der Waals surface area contributed by atoms with Crippen molar-refractivity contribution in [1.29, 1.82) is 0 Å². The lowest BCUT2D eigenvalue weighted by molar-refractivity contribution is 0.144. The molecule has 0 amide bonds. The first-order valence-corrected chi connectivity index (χ1v) is 10.9. The van der Waals surface area contributed by atoms with Crippen LogP contribution in [0.2, 0.25) is 5.02 Å². The molecule has 0 radical (unpaired) electrons. The van der Waals surface area contributed by atoms with Crippen LogP contribution in [0.25, 0.3) is 5.69 Å². The average Bonchev–Trinajstić information content (AvgIpc) is 2.92. The number of nitrogens with zero attached hydrogens (tertiary/aromatic N) is 3. The number of benzene rings is 1. The molecule has 4 nitrogen and oxygen atoms in total. The maximum atomic E-state index is 12.7. The van der Waals surface area contributed by atoms with Gasteiger partial charge < -0.3 is 0 Å². The van der Waals surface area contributed by atoms with E-state index in [9.17, 15) is 4.79 Å². The predicted octanol–water partition coefficient (Wildman–Crippen LogP) is 4.78. The normalized spacial score (nSPS) is 25.6. The van der Waals surface area contributed by atoms with Crippen molar-refractivity contribution >= 4 is 23.2 Å². The monoisotopic (exact) mass is 431 g/mol. The van der Waals surface area contributed by atoms with Crippen molar-refractivity contribution in [1.82, 2.24) is 14.3 Å². The zero-order chi connectivity index (χ0) is 20.6. The van der Waals surface area contributed by atoms with Crippen molar-refractivity contribution in [2.45, 2.75) is 31.2 Å². The van der Waals surface area contributed by atoms with Gasteiger partial charge in [0.1, 0.15) is 5.02 Å². The van der Waals surface area contributed by atoms with Gasteiger partial charge in [0.2, 0.25) is 0 Å². The molecule has 0 saturated carbocycles. The van der Waals surface area contributed by atoms with Crippen LogP contribution in [-0.4, -0.2) is 32.2 Å². The summed E-state index contributed by atoms with van der Waals surface area (Å²) >= 11 is 13.2. The minimum atomic E-state index is -0.304. The minimum absolute atomic E-state index is 0.165. The van der Waals surface area contributed by atoms with E-state index in [0.29, 0.717) is 23.4 Å². The van der Waals surface area contributed by atoms with Crippen LogP contribution in [0.15, 0.2) is 59.4 Å². The van der Waals surface area contributed by atoms with E-state index in [1.807, 2.05) is 48.1 Å². The number of piperidine rings is 1. The molecule has 2 aromatic rings. The van der Waals surface area contributed by atoms with E-state index in [1.165, 1.54) is 0 Å². The molecule has 154 valence electrons. The van der Waals surface area contributed by atoms with Gasteiger partial charge in [-0.15, -0.1) is 11.6 Å². The molecule has 2 atom stereocenters. The first-order chi connectivity index (χ1) is 13.9. The number of likely N-dealkylation sites (tertiary alicyclic amines) is 1. The highest BCUT2D eigenvalue weighted by Gasteiger charge is 2.37. The van der Waals surface area contributed by atoms with E-state index >= 15 is 0 Å². The molecule has 1 saturated heterocycles. The fraction of sp³-hybridized carbons (Fsp3) is 0.435. The number of hydrogen-bond donors (Lipinski definition) is 0. The number of hydrogen-bond acceptors (Lipinski definition) is 2. The summed E-state index contributed by atoms with van der Waals surface area (Å²) in [6, 6.07) is 9.62. The van der Waals surface area contributed by atoms with E-state index < -0.39 is 0 Å². The van der Waals surface area contributed by atoms with Crippen LogP contribution in [-0.2, 0) is 13.6 Å². The van der Waals surface area contributed by atoms with Crippen molar-refractivity contribution in [3.05, 3.63) is 75.7 Å². The second-order valence-electron chi connectivity index (χ2n) is 8.27. The van der Waals surface area contributed by atoms with Gasteiger partial charge in [-0.3, -0.25) is 14.4 Å². The first kappa shape index (κ1) is 20.5. The molecule has 29 heavy (non-hydrogen) atoms. The third-order valence-corrected chi connectivity index (χ3v) is 7.10. The largest absolute Gasteiger partial charge is 0.297 e. The van der Waals surface area contributed by atoms with E-state index in [-0.39, 0.29) is 10.4 Å². The molecule has 1 aromatic heterocycles. The Hall–Kier alpha value is -1.75. The van der Waals surface area contributed by atoms with Gasteiger partial charge in [-0.1, -0.05) is 54.1 Å². The zero-order valence-electron chi connectivity index (χ0n) is 16.9. The third kappa shape index (κ3) is 3.98. The summed E-state index contributed by atoms with van der Waals surface area (Å²) in [4.78, 5) is 14.8. The summed E-state index contributed by atoms with van der Waals surface area (Å²) in [5, 5.41) is 0.312. The highest BCUT2D eigenvalue weighted by Crippen LogP contribution is 2.40. The molecule has 1 aromatic carbocycles. The molecule has 1 aliphatic carbocycles. The van der Waals surface area contributed by atoms with E-state index in [4.69, 9.17) is 23.2 Å². The molecule has 2 unspecified atom stereocenters. The number of aromatic nitrogens is 2. The lowest BCUT2D eigenvalue weighted by Gasteiger charge is -2.40. The smallest absolute Gasteiger partial charge is 0.290 e. The molecule has 1 fully saturated rings. The van der Waals surface area contributed by atoms with Crippen LogP contribution < -0.4 is 5.56 Å². The van der Waals surface area contributed by atoms with E-state index in [1.54, 1.807) is 4.68 Å². The Balaban J connectivity index is 1.47. The van der Waals surface area contributed by atoms with Gasteiger partial charge in [0.15, 0.2) is 0 Å². The summed E-state index contributed by atoms with van der Waals surface area (Å²) in [5.41, 5.74) is 1.52. The topological polar surface area (TPSA) is 30.2 Å². The minimum Gasteiger partial charge on any atom is -0.297 e. The fourth-order valence-corrected chi connectivity index (χ4v) is 5.26. The molecular formula is C23H27Cl2N3O. The maximum Gasteiger partial charge on any atom is 0.290 e. The standard InChI is InChI=1S/C23H27Cl2N3O/c1-23(25)13-7-6-10-19(23)17-11-14-27(15-12-17)16-20-21(24)22(29)28(26(20)2)18-8-4-3-5-9-18/h3-10,13,17,19H,11-12,14-16H2,1-2H3. The summed E-state index contributed by atoms with van der Waals surface area (Å²) < 4.78 is 3.53. The van der Waals surface area contributed by atoms with Gasteiger partial charge >= 0.3 is 0 Å². The summed E-state index contributed by atoms with van der Waals surface area (Å²) in [7, 11) is 1.90. The van der Waals surface area contributed by atoms with Crippen molar-refractivity contribution in [2.75, 3.05) is 13.1 Å². The van der Waals surface area contributed by atoms with Gasteiger partial charge in [0, 0.05) is 19.5 Å². The summed E-state index contributed by atoms with van der Waals surface area (Å²) in [5.74, 6) is 0.937. The Morgan fingerprint density at radius 1 is 1.14 bits per heavy atom. The molecule has 6 heteroatoms. The number of rotatable bonds is 4. The molecule has 0 bridgehead atoms. The number of para-hydroxylation sites is 1. The van der Waals surface area contributed by atoms with Crippen molar-refractivity contribution in [3.8, 4) is 5.69 Å². The number of allylic oxidation sites excluding steroid dienone is 4. The predicted molar refractivity (Wildman–Crippen MR) is 120 cm³/mol.